The molecular formula is C25H34N6O4S. The van der Waals surface area contributed by atoms with Crippen molar-refractivity contribution < 1.29 is 18.0 Å². The minimum absolute atomic E-state index is 0.0276. The molecule has 2 aliphatic rings. The molecule has 5 N–H and O–H groups in total. The second kappa shape index (κ2) is 10.8. The first kappa shape index (κ1) is 25.9. The summed E-state index contributed by atoms with van der Waals surface area (Å²) in [5.74, 6) is -0.692. The van der Waals surface area contributed by atoms with Crippen LogP contribution in [0.3, 0.4) is 0 Å². The summed E-state index contributed by atoms with van der Waals surface area (Å²) in [5, 5.41) is 12.3. The Bertz CT molecular complexity index is 1250. The van der Waals surface area contributed by atoms with E-state index in [0.717, 1.165) is 36.5 Å². The third-order valence-corrected chi connectivity index (χ3v) is 8.58. The number of rotatable bonds is 7. The van der Waals surface area contributed by atoms with Crippen LogP contribution >= 0.6 is 0 Å². The van der Waals surface area contributed by atoms with Crippen molar-refractivity contribution >= 4 is 38.6 Å². The highest BCUT2D eigenvalue weighted by atomic mass is 32.2. The Kier molecular flexibility index (Phi) is 7.79. The Balaban J connectivity index is 1.35. The van der Waals surface area contributed by atoms with E-state index in [4.69, 9.17) is 11.1 Å². The fourth-order valence-corrected chi connectivity index (χ4v) is 6.28. The number of amides is 2. The first-order valence-electron chi connectivity index (χ1n) is 12.3. The highest BCUT2D eigenvalue weighted by Gasteiger charge is 2.34. The van der Waals surface area contributed by atoms with Gasteiger partial charge in [0.1, 0.15) is 0 Å². The Labute approximate surface area is 211 Å². The van der Waals surface area contributed by atoms with Crippen molar-refractivity contribution in [3.05, 3.63) is 42.5 Å². The Hall–Kier alpha value is -3.18. The average Bonchev–Trinajstić information content (AvgIpc) is 3.34. The number of likely N-dealkylation sites (tertiary alicyclic amines) is 2. The number of hydrogen-bond acceptors (Lipinski definition) is 5. The number of guanidine groups is 1. The molecule has 0 aromatic heterocycles. The van der Waals surface area contributed by atoms with Gasteiger partial charge in [0.15, 0.2) is 5.96 Å². The van der Waals surface area contributed by atoms with Crippen molar-refractivity contribution in [2.45, 2.75) is 49.6 Å². The summed E-state index contributed by atoms with van der Waals surface area (Å²) in [4.78, 5) is 29.4. The predicted octanol–water partition coefficient (Wildman–Crippen LogP) is 1.22. The molecular weight excluding hydrogens is 480 g/mol. The lowest BCUT2D eigenvalue weighted by molar-refractivity contribution is -0.134. The molecule has 0 radical (unpaired) electrons. The largest absolute Gasteiger partial charge is 0.370 e. The molecule has 2 aliphatic heterocycles. The molecule has 0 unspecified atom stereocenters. The van der Waals surface area contributed by atoms with Crippen LogP contribution in [0.5, 0.6) is 0 Å². The zero-order valence-corrected chi connectivity index (χ0v) is 21.3. The van der Waals surface area contributed by atoms with Gasteiger partial charge >= 0.3 is 0 Å². The molecule has 2 amide bonds. The van der Waals surface area contributed by atoms with Gasteiger partial charge in [-0.05, 0) is 55.5 Å². The first-order valence-corrected chi connectivity index (χ1v) is 13.8. The van der Waals surface area contributed by atoms with E-state index in [1.807, 2.05) is 24.3 Å². The number of nitrogens with zero attached hydrogens (tertiary/aromatic N) is 2. The van der Waals surface area contributed by atoms with E-state index in [9.17, 15) is 18.0 Å². The Morgan fingerprint density at radius 2 is 1.83 bits per heavy atom. The summed E-state index contributed by atoms with van der Waals surface area (Å²) >= 11 is 0. The molecule has 194 valence electrons. The smallest absolute Gasteiger partial charge is 0.241 e. The van der Waals surface area contributed by atoms with Crippen molar-refractivity contribution in [1.29, 1.82) is 5.41 Å². The molecule has 11 heteroatoms. The van der Waals surface area contributed by atoms with Crippen molar-refractivity contribution in [2.75, 3.05) is 26.2 Å². The summed E-state index contributed by atoms with van der Waals surface area (Å²) in [6.45, 7) is 3.47. The number of sulfonamides is 1. The van der Waals surface area contributed by atoms with Gasteiger partial charge in [-0.25, -0.2) is 8.42 Å². The molecule has 2 saturated heterocycles. The molecule has 0 aliphatic carbocycles. The Morgan fingerprint density at radius 3 is 2.58 bits per heavy atom. The molecule has 2 fully saturated rings. The lowest BCUT2D eigenvalue weighted by Gasteiger charge is -2.33. The number of nitrogens with two attached hydrogens (primary N) is 1. The highest BCUT2D eigenvalue weighted by molar-refractivity contribution is 7.89. The molecule has 0 spiro atoms. The molecule has 36 heavy (non-hydrogen) atoms. The molecule has 0 bridgehead atoms. The molecule has 3 atom stereocenters. The van der Waals surface area contributed by atoms with Gasteiger partial charge in [-0.2, -0.15) is 4.72 Å². The molecule has 2 aromatic rings. The van der Waals surface area contributed by atoms with Gasteiger partial charge < -0.3 is 20.9 Å². The number of carbonyl (C=O) groups is 2. The Morgan fingerprint density at radius 1 is 1.11 bits per heavy atom. The lowest BCUT2D eigenvalue weighted by atomic mass is 9.97. The van der Waals surface area contributed by atoms with Crippen LogP contribution in [-0.4, -0.2) is 74.3 Å². The fourth-order valence-electron chi connectivity index (χ4n) is 5.05. The number of piperidine rings is 1. The van der Waals surface area contributed by atoms with Crippen LogP contribution in [0.25, 0.3) is 10.8 Å². The van der Waals surface area contributed by atoms with Gasteiger partial charge in [0.25, 0.3) is 0 Å². The topological polar surface area (TPSA) is 149 Å². The van der Waals surface area contributed by atoms with Crippen LogP contribution in [0.4, 0.5) is 0 Å². The van der Waals surface area contributed by atoms with E-state index >= 15 is 0 Å². The number of benzene rings is 2. The summed E-state index contributed by atoms with van der Waals surface area (Å²) in [7, 11) is -3.89. The van der Waals surface area contributed by atoms with Crippen LogP contribution in [0.2, 0.25) is 0 Å². The van der Waals surface area contributed by atoms with Gasteiger partial charge in [-0.3, -0.25) is 15.0 Å². The number of carbonyl (C=O) groups excluding carboxylic acids is 2. The average molecular weight is 515 g/mol. The van der Waals surface area contributed by atoms with Gasteiger partial charge in [-0.1, -0.05) is 30.3 Å². The van der Waals surface area contributed by atoms with E-state index in [0.29, 0.717) is 26.2 Å². The van der Waals surface area contributed by atoms with E-state index in [1.54, 1.807) is 28.9 Å². The van der Waals surface area contributed by atoms with Crippen molar-refractivity contribution in [3.8, 4) is 0 Å². The maximum atomic E-state index is 13.2. The maximum Gasteiger partial charge on any atom is 0.241 e. The van der Waals surface area contributed by atoms with Gasteiger partial charge in [0.05, 0.1) is 16.9 Å². The van der Waals surface area contributed by atoms with Crippen molar-refractivity contribution in [1.82, 2.24) is 19.8 Å². The second-order valence-electron chi connectivity index (χ2n) is 9.60. The predicted molar refractivity (Wildman–Crippen MR) is 138 cm³/mol. The molecule has 2 aromatic carbocycles. The third kappa shape index (κ3) is 5.79. The standard InChI is InChI=1S/C25H34N6O4S/c1-17(29-36(34,35)22-11-10-18-6-2-3-7-19(18)14-22)24(33)31-13-5-9-21(31)15-28-23(32)20-8-4-12-30(16-20)25(26)27/h2-3,6-7,10-11,14,17,20-21,29H,4-5,8-9,12-13,15-16H2,1H3,(H3,26,27)(H,28,32)/t17-,20-,21-/m0/s1. The van der Waals surface area contributed by atoms with Gasteiger partial charge in [0, 0.05) is 32.2 Å². The van der Waals surface area contributed by atoms with Crippen molar-refractivity contribution in [3.63, 3.8) is 0 Å². The molecule has 10 nitrogen and oxygen atoms in total. The van der Waals surface area contributed by atoms with E-state index in [1.165, 1.54) is 6.07 Å². The van der Waals surface area contributed by atoms with Gasteiger partial charge in [-0.15, -0.1) is 0 Å². The molecule has 4 rings (SSSR count). The normalized spacial score (nSPS) is 21.4. The lowest BCUT2D eigenvalue weighted by Crippen LogP contribution is -2.52. The minimum atomic E-state index is -3.89. The number of nitrogens with one attached hydrogen (secondary N) is 3. The monoisotopic (exact) mass is 514 g/mol. The summed E-state index contributed by atoms with van der Waals surface area (Å²) in [6, 6.07) is 11.2. The molecule has 2 heterocycles. The van der Waals surface area contributed by atoms with Crippen LogP contribution in [0.15, 0.2) is 47.4 Å². The SMILES string of the molecule is C[C@H](NS(=O)(=O)c1ccc2ccccc2c1)C(=O)N1CCC[C@H]1CNC(=O)[C@H]1CCCN(C(=N)N)C1. The van der Waals surface area contributed by atoms with Crippen LogP contribution in [0.1, 0.15) is 32.6 Å². The maximum absolute atomic E-state index is 13.2. The summed E-state index contributed by atoms with van der Waals surface area (Å²) in [6.07, 6.45) is 3.05. The van der Waals surface area contributed by atoms with E-state index in [2.05, 4.69) is 10.0 Å². The zero-order valence-electron chi connectivity index (χ0n) is 20.4. The van der Waals surface area contributed by atoms with Crippen LogP contribution in [0, 0.1) is 11.3 Å². The molecule has 0 saturated carbocycles. The van der Waals surface area contributed by atoms with Crippen molar-refractivity contribution in [2.24, 2.45) is 11.7 Å². The number of fused-ring (bicyclic) bond motifs is 1. The summed E-state index contributed by atoms with van der Waals surface area (Å²) < 4.78 is 28.5. The first-order chi connectivity index (χ1) is 17.2. The second-order valence-corrected chi connectivity index (χ2v) is 11.3. The van der Waals surface area contributed by atoms with E-state index < -0.39 is 16.1 Å². The van der Waals surface area contributed by atoms with Crippen LogP contribution < -0.4 is 15.8 Å². The van der Waals surface area contributed by atoms with Crippen LogP contribution in [-0.2, 0) is 19.6 Å². The third-order valence-electron chi connectivity index (χ3n) is 7.04. The zero-order chi connectivity index (χ0) is 25.9. The quantitative estimate of drug-likeness (QED) is 0.322. The van der Waals surface area contributed by atoms with Gasteiger partial charge in [0.2, 0.25) is 21.8 Å². The minimum Gasteiger partial charge on any atom is -0.370 e. The summed E-state index contributed by atoms with van der Waals surface area (Å²) in [5.41, 5.74) is 5.57. The fraction of sp³-hybridized carbons (Fsp3) is 0.480. The van der Waals surface area contributed by atoms with E-state index in [-0.39, 0.29) is 34.6 Å². The number of hydrogen-bond donors (Lipinski definition) is 4. The highest BCUT2D eigenvalue weighted by Crippen LogP contribution is 2.22.